The molecule has 0 aliphatic carbocycles. The Kier molecular flexibility index (Phi) is 4.22. The first kappa shape index (κ1) is 20.4. The summed E-state index contributed by atoms with van der Waals surface area (Å²) in [6, 6.07) is 31.6. The monoisotopic (exact) mass is 471 g/mol. The zero-order chi connectivity index (χ0) is 23.7. The lowest BCUT2D eigenvalue weighted by atomic mass is 10.0. The summed E-state index contributed by atoms with van der Waals surface area (Å²) in [5.74, 6) is 0. The zero-order valence-corrected chi connectivity index (χ0v) is 20.3. The molecule has 4 aromatic carbocycles. The topological polar surface area (TPSA) is 47.3 Å². The Labute approximate surface area is 202 Å². The van der Waals surface area contributed by atoms with Crippen LogP contribution in [0.5, 0.6) is 0 Å². The van der Waals surface area contributed by atoms with Gasteiger partial charge in [-0.3, -0.25) is 9.38 Å². The zero-order valence-electron chi connectivity index (χ0n) is 19.4. The van der Waals surface area contributed by atoms with Gasteiger partial charge >= 0.3 is 0 Å². The van der Waals surface area contributed by atoms with Gasteiger partial charge in [0, 0.05) is 33.2 Å². The second-order valence-electron chi connectivity index (χ2n) is 9.46. The minimum absolute atomic E-state index is 0.794. The molecule has 0 aliphatic heterocycles. The summed E-state index contributed by atoms with van der Waals surface area (Å²) in [6.07, 6.45) is 1.75. The fourth-order valence-electron chi connectivity index (χ4n) is 5.13. The highest BCUT2D eigenvalue weighted by Gasteiger charge is 2.16. The second kappa shape index (κ2) is 7.24. The SMILES string of the molecule is CP(C)(=O)c1ccc(-c2ccc3c4ccccc4c4nc5c6ccccc6ccc5n4c3c2)nc1. The Morgan fingerprint density at radius 1 is 0.714 bits per heavy atom. The molecule has 0 unspecified atom stereocenters. The van der Waals surface area contributed by atoms with E-state index < -0.39 is 7.14 Å². The van der Waals surface area contributed by atoms with Crippen LogP contribution in [0, 0.1) is 0 Å². The predicted octanol–water partition coefficient (Wildman–Crippen LogP) is 7.26. The Balaban J connectivity index is 1.60. The smallest absolute Gasteiger partial charge is 0.146 e. The lowest BCUT2D eigenvalue weighted by molar-refractivity contribution is 0.588. The summed E-state index contributed by atoms with van der Waals surface area (Å²) in [5, 5.41) is 6.63. The van der Waals surface area contributed by atoms with Crippen molar-refractivity contribution in [2.45, 2.75) is 0 Å². The molecule has 0 bridgehead atoms. The second-order valence-corrected chi connectivity index (χ2v) is 12.7. The van der Waals surface area contributed by atoms with Gasteiger partial charge in [-0.2, -0.15) is 0 Å². The average molecular weight is 472 g/mol. The highest BCUT2D eigenvalue weighted by Crippen LogP contribution is 2.37. The van der Waals surface area contributed by atoms with Gasteiger partial charge in [-0.25, -0.2) is 4.98 Å². The van der Waals surface area contributed by atoms with Crippen molar-refractivity contribution in [1.29, 1.82) is 0 Å². The first-order valence-electron chi connectivity index (χ1n) is 11.7. The van der Waals surface area contributed by atoms with Gasteiger partial charge in [-0.1, -0.05) is 66.7 Å². The van der Waals surface area contributed by atoms with Crippen molar-refractivity contribution in [1.82, 2.24) is 14.4 Å². The molecule has 0 atom stereocenters. The lowest BCUT2D eigenvalue weighted by Crippen LogP contribution is -2.03. The molecule has 0 fully saturated rings. The maximum atomic E-state index is 12.4. The Bertz CT molecular complexity index is 2000. The van der Waals surface area contributed by atoms with Gasteiger partial charge in [0.25, 0.3) is 0 Å². The summed E-state index contributed by atoms with van der Waals surface area (Å²) in [7, 11) is -2.34. The molecule has 4 nitrogen and oxygen atoms in total. The summed E-state index contributed by atoms with van der Waals surface area (Å²) >= 11 is 0. The Morgan fingerprint density at radius 3 is 2.26 bits per heavy atom. The van der Waals surface area contributed by atoms with E-state index >= 15 is 0 Å². The fourth-order valence-corrected chi connectivity index (χ4v) is 5.90. The van der Waals surface area contributed by atoms with Crippen molar-refractivity contribution >= 4 is 61.6 Å². The summed E-state index contributed by atoms with van der Waals surface area (Å²) < 4.78 is 14.7. The molecule has 0 amide bonds. The van der Waals surface area contributed by atoms with Crippen molar-refractivity contribution in [3.8, 4) is 11.3 Å². The van der Waals surface area contributed by atoms with Crippen LogP contribution in [-0.2, 0) is 4.57 Å². The van der Waals surface area contributed by atoms with Crippen LogP contribution in [0.2, 0.25) is 0 Å². The first-order chi connectivity index (χ1) is 17.0. The van der Waals surface area contributed by atoms with Crippen LogP contribution in [0.25, 0.3) is 60.4 Å². The Hall–Kier alpha value is -4.01. The third-order valence-corrected chi connectivity index (χ3v) is 8.42. The van der Waals surface area contributed by atoms with Gasteiger partial charge in [0.2, 0.25) is 0 Å². The standard InChI is InChI=1S/C30H22N3OP/c1-35(2,34)21-13-15-26(31-18-21)20-11-14-24-23-9-5-6-10-25(23)30-32-29-22-8-4-3-7-19(22)12-16-27(29)33(30)28(24)17-20/h3-18H,1-2H3. The molecule has 7 aromatic rings. The molecule has 0 saturated heterocycles. The molecule has 168 valence electrons. The van der Waals surface area contributed by atoms with E-state index in [0.29, 0.717) is 0 Å². The molecule has 5 heteroatoms. The number of hydrogen-bond donors (Lipinski definition) is 0. The predicted molar refractivity (Wildman–Crippen MR) is 148 cm³/mol. The molecule has 0 N–H and O–H groups in total. The summed E-state index contributed by atoms with van der Waals surface area (Å²) in [5.41, 5.74) is 6.03. The molecule has 0 aliphatic rings. The number of nitrogens with zero attached hydrogens (tertiary/aromatic N) is 3. The first-order valence-corrected chi connectivity index (χ1v) is 14.3. The lowest BCUT2D eigenvalue weighted by Gasteiger charge is -2.11. The number of imidazole rings is 1. The highest BCUT2D eigenvalue weighted by atomic mass is 31.2. The van der Waals surface area contributed by atoms with Crippen LogP contribution in [-0.4, -0.2) is 27.7 Å². The summed E-state index contributed by atoms with van der Waals surface area (Å²) in [6.45, 7) is 3.55. The third-order valence-electron chi connectivity index (χ3n) is 6.91. The van der Waals surface area contributed by atoms with E-state index in [4.69, 9.17) is 4.98 Å². The van der Waals surface area contributed by atoms with Gasteiger partial charge in [0.15, 0.2) is 0 Å². The number of pyridine rings is 2. The highest BCUT2D eigenvalue weighted by molar-refractivity contribution is 7.70. The van der Waals surface area contributed by atoms with Crippen molar-refractivity contribution in [3.63, 3.8) is 0 Å². The van der Waals surface area contributed by atoms with E-state index in [2.05, 4.69) is 88.2 Å². The average Bonchev–Trinajstić information content (AvgIpc) is 3.29. The van der Waals surface area contributed by atoms with Crippen molar-refractivity contribution in [2.24, 2.45) is 0 Å². The van der Waals surface area contributed by atoms with E-state index in [1.807, 2.05) is 12.1 Å². The van der Waals surface area contributed by atoms with Gasteiger partial charge in [0.05, 0.1) is 22.2 Å². The molecule has 0 spiro atoms. The van der Waals surface area contributed by atoms with Crippen molar-refractivity contribution < 1.29 is 4.57 Å². The van der Waals surface area contributed by atoms with Crippen LogP contribution in [0.15, 0.2) is 97.2 Å². The van der Waals surface area contributed by atoms with E-state index in [1.165, 1.54) is 16.2 Å². The number of hydrogen-bond acceptors (Lipinski definition) is 3. The molecular weight excluding hydrogens is 449 g/mol. The van der Waals surface area contributed by atoms with Crippen LogP contribution in [0.4, 0.5) is 0 Å². The largest absolute Gasteiger partial charge is 0.319 e. The van der Waals surface area contributed by atoms with Crippen LogP contribution >= 0.6 is 7.14 Å². The van der Waals surface area contributed by atoms with Gasteiger partial charge in [0.1, 0.15) is 12.8 Å². The van der Waals surface area contributed by atoms with Crippen LogP contribution < -0.4 is 5.30 Å². The summed E-state index contributed by atoms with van der Waals surface area (Å²) in [4.78, 5) is 9.84. The number of benzene rings is 4. The van der Waals surface area contributed by atoms with E-state index in [1.54, 1.807) is 19.5 Å². The maximum absolute atomic E-state index is 12.4. The number of rotatable bonds is 2. The van der Waals surface area contributed by atoms with Gasteiger partial charge in [-0.05, 0) is 48.4 Å². The minimum atomic E-state index is -2.34. The molecule has 3 heterocycles. The maximum Gasteiger partial charge on any atom is 0.146 e. The Morgan fingerprint density at radius 2 is 1.49 bits per heavy atom. The number of aromatic nitrogens is 3. The quantitative estimate of drug-likeness (QED) is 0.197. The van der Waals surface area contributed by atoms with Crippen molar-refractivity contribution in [2.75, 3.05) is 13.3 Å². The van der Waals surface area contributed by atoms with E-state index in [9.17, 15) is 4.57 Å². The van der Waals surface area contributed by atoms with Crippen LogP contribution in [0.1, 0.15) is 0 Å². The van der Waals surface area contributed by atoms with Crippen molar-refractivity contribution in [3.05, 3.63) is 97.2 Å². The minimum Gasteiger partial charge on any atom is -0.319 e. The molecular formula is C30H22N3OP. The normalized spacial score (nSPS) is 12.4. The molecule has 7 rings (SSSR count). The fraction of sp³-hybridized carbons (Fsp3) is 0.0667. The number of fused-ring (bicyclic) bond motifs is 10. The third kappa shape index (κ3) is 3.03. The van der Waals surface area contributed by atoms with Crippen LogP contribution in [0.3, 0.4) is 0 Å². The van der Waals surface area contributed by atoms with Gasteiger partial charge in [-0.15, -0.1) is 0 Å². The van der Waals surface area contributed by atoms with E-state index in [0.717, 1.165) is 49.5 Å². The van der Waals surface area contributed by atoms with E-state index in [-0.39, 0.29) is 0 Å². The molecule has 3 aromatic heterocycles. The molecule has 35 heavy (non-hydrogen) atoms. The molecule has 0 radical (unpaired) electrons. The van der Waals surface area contributed by atoms with Gasteiger partial charge < -0.3 is 4.57 Å². The molecule has 0 saturated carbocycles.